The van der Waals surface area contributed by atoms with Crippen LogP contribution in [0.1, 0.15) is 5.56 Å². The standard InChI is InChI=1S/C9H10N4O2/c1-10-5-7-3-2-4-12-6-11-9(8(7)12)13(14)15/h2-4,6,10H,5H2,1H3. The molecule has 0 spiro atoms. The van der Waals surface area contributed by atoms with Gasteiger partial charge < -0.3 is 15.4 Å². The number of fused-ring (bicyclic) bond motifs is 1. The van der Waals surface area contributed by atoms with Crippen molar-refractivity contribution in [1.82, 2.24) is 14.7 Å². The van der Waals surface area contributed by atoms with Crippen LogP contribution >= 0.6 is 0 Å². The predicted octanol–water partition coefficient (Wildman–Crippen LogP) is 0.962. The lowest BCUT2D eigenvalue weighted by atomic mass is 10.2. The third-order valence-electron chi connectivity index (χ3n) is 2.16. The molecule has 0 aliphatic rings. The van der Waals surface area contributed by atoms with Crippen LogP contribution in [0.15, 0.2) is 24.7 Å². The van der Waals surface area contributed by atoms with E-state index in [1.54, 1.807) is 17.6 Å². The first-order chi connectivity index (χ1) is 7.24. The van der Waals surface area contributed by atoms with Crippen LogP contribution < -0.4 is 5.32 Å². The summed E-state index contributed by atoms with van der Waals surface area (Å²) in [5.74, 6) is -0.0964. The molecule has 6 heteroatoms. The van der Waals surface area contributed by atoms with Gasteiger partial charge >= 0.3 is 5.82 Å². The molecule has 0 atom stereocenters. The summed E-state index contributed by atoms with van der Waals surface area (Å²) in [4.78, 5) is 14.1. The highest BCUT2D eigenvalue weighted by Crippen LogP contribution is 2.21. The summed E-state index contributed by atoms with van der Waals surface area (Å²) < 4.78 is 1.66. The first-order valence-electron chi connectivity index (χ1n) is 4.47. The van der Waals surface area contributed by atoms with Crippen LogP contribution in [-0.4, -0.2) is 21.4 Å². The number of rotatable bonds is 3. The molecule has 0 amide bonds. The largest absolute Gasteiger partial charge is 0.389 e. The van der Waals surface area contributed by atoms with Crippen molar-refractivity contribution in [3.8, 4) is 0 Å². The quantitative estimate of drug-likeness (QED) is 0.599. The van der Waals surface area contributed by atoms with Crippen molar-refractivity contribution in [2.24, 2.45) is 0 Å². The summed E-state index contributed by atoms with van der Waals surface area (Å²) in [7, 11) is 1.80. The summed E-state index contributed by atoms with van der Waals surface area (Å²) >= 11 is 0. The van der Waals surface area contributed by atoms with Gasteiger partial charge in [-0.1, -0.05) is 6.07 Å². The molecule has 0 aliphatic heterocycles. The molecule has 0 bridgehead atoms. The van der Waals surface area contributed by atoms with Crippen molar-refractivity contribution in [3.63, 3.8) is 0 Å². The Morgan fingerprint density at radius 2 is 2.47 bits per heavy atom. The third-order valence-corrected chi connectivity index (χ3v) is 2.16. The summed E-state index contributed by atoms with van der Waals surface area (Å²) in [5.41, 5.74) is 1.42. The van der Waals surface area contributed by atoms with Crippen molar-refractivity contribution in [1.29, 1.82) is 0 Å². The van der Waals surface area contributed by atoms with Gasteiger partial charge in [-0.2, -0.15) is 0 Å². The molecule has 2 rings (SSSR count). The SMILES string of the molecule is CNCc1cccn2cnc([N+](=O)[O-])c12. The minimum atomic E-state index is -0.464. The zero-order valence-corrected chi connectivity index (χ0v) is 8.17. The predicted molar refractivity (Wildman–Crippen MR) is 54.6 cm³/mol. The highest BCUT2D eigenvalue weighted by molar-refractivity contribution is 5.66. The Morgan fingerprint density at radius 3 is 3.13 bits per heavy atom. The molecule has 0 aliphatic carbocycles. The van der Waals surface area contributed by atoms with E-state index in [1.807, 2.05) is 12.1 Å². The van der Waals surface area contributed by atoms with Crippen molar-refractivity contribution in [2.75, 3.05) is 7.05 Å². The zero-order chi connectivity index (χ0) is 10.8. The van der Waals surface area contributed by atoms with Gasteiger partial charge in [0.15, 0.2) is 5.52 Å². The fourth-order valence-electron chi connectivity index (χ4n) is 1.57. The summed E-state index contributed by atoms with van der Waals surface area (Å²) in [6, 6.07) is 3.69. The normalized spacial score (nSPS) is 10.7. The van der Waals surface area contributed by atoms with E-state index in [9.17, 15) is 10.1 Å². The maximum Gasteiger partial charge on any atom is 0.389 e. The molecule has 6 nitrogen and oxygen atoms in total. The molecule has 0 unspecified atom stereocenters. The highest BCUT2D eigenvalue weighted by Gasteiger charge is 2.18. The van der Waals surface area contributed by atoms with E-state index < -0.39 is 4.92 Å². The number of pyridine rings is 1. The Hall–Kier alpha value is -1.95. The zero-order valence-electron chi connectivity index (χ0n) is 8.17. The molecule has 0 aromatic carbocycles. The van der Waals surface area contributed by atoms with Crippen LogP contribution in [0.25, 0.3) is 5.52 Å². The van der Waals surface area contributed by atoms with Crippen LogP contribution in [0.2, 0.25) is 0 Å². The van der Waals surface area contributed by atoms with E-state index in [2.05, 4.69) is 10.3 Å². The van der Waals surface area contributed by atoms with Gasteiger partial charge in [-0.25, -0.2) is 0 Å². The topological polar surface area (TPSA) is 72.5 Å². The first-order valence-corrected chi connectivity index (χ1v) is 4.47. The Bertz CT molecular complexity index is 506. The molecular weight excluding hydrogens is 196 g/mol. The van der Waals surface area contributed by atoms with Gasteiger partial charge in [0.1, 0.15) is 0 Å². The number of aromatic nitrogens is 2. The molecule has 0 saturated carbocycles. The second kappa shape index (κ2) is 3.66. The lowest BCUT2D eigenvalue weighted by Crippen LogP contribution is -2.06. The Balaban J connectivity index is 2.69. The second-order valence-corrected chi connectivity index (χ2v) is 3.14. The van der Waals surface area contributed by atoms with Gasteiger partial charge in [0.2, 0.25) is 6.33 Å². The average Bonchev–Trinajstić information content (AvgIpc) is 2.62. The van der Waals surface area contributed by atoms with Gasteiger partial charge in [0.25, 0.3) is 0 Å². The maximum absolute atomic E-state index is 10.7. The van der Waals surface area contributed by atoms with Crippen molar-refractivity contribution in [3.05, 3.63) is 40.3 Å². The van der Waals surface area contributed by atoms with Crippen molar-refractivity contribution >= 4 is 11.3 Å². The van der Waals surface area contributed by atoms with Crippen molar-refractivity contribution in [2.45, 2.75) is 6.54 Å². The van der Waals surface area contributed by atoms with Crippen LogP contribution in [0, 0.1) is 10.1 Å². The van der Waals surface area contributed by atoms with Crippen LogP contribution in [0.3, 0.4) is 0 Å². The molecule has 0 fully saturated rings. The van der Waals surface area contributed by atoms with E-state index in [-0.39, 0.29) is 5.82 Å². The first kappa shape index (κ1) is 9.60. The fourth-order valence-corrected chi connectivity index (χ4v) is 1.57. The van der Waals surface area contributed by atoms with Gasteiger partial charge in [0, 0.05) is 12.7 Å². The van der Waals surface area contributed by atoms with E-state index in [0.29, 0.717) is 12.1 Å². The molecule has 2 aromatic heterocycles. The number of hydrogen-bond acceptors (Lipinski definition) is 4. The van der Waals surface area contributed by atoms with Gasteiger partial charge in [-0.05, 0) is 28.6 Å². The molecule has 2 aromatic rings. The maximum atomic E-state index is 10.7. The van der Waals surface area contributed by atoms with Crippen LogP contribution in [0.5, 0.6) is 0 Å². The summed E-state index contributed by atoms with van der Waals surface area (Å²) in [5, 5.41) is 13.7. The van der Waals surface area contributed by atoms with E-state index in [1.165, 1.54) is 6.33 Å². The van der Waals surface area contributed by atoms with E-state index >= 15 is 0 Å². The lowest BCUT2D eigenvalue weighted by Gasteiger charge is -2.02. The van der Waals surface area contributed by atoms with Gasteiger partial charge in [-0.15, -0.1) is 0 Å². The highest BCUT2D eigenvalue weighted by atomic mass is 16.6. The second-order valence-electron chi connectivity index (χ2n) is 3.14. The summed E-state index contributed by atoms with van der Waals surface area (Å²) in [6.07, 6.45) is 3.20. The minimum absolute atomic E-state index is 0.0964. The molecular formula is C9H10N4O2. The molecule has 0 saturated heterocycles. The molecule has 15 heavy (non-hydrogen) atoms. The van der Waals surface area contributed by atoms with Crippen LogP contribution in [0.4, 0.5) is 5.82 Å². The number of nitrogens with one attached hydrogen (secondary N) is 1. The van der Waals surface area contributed by atoms with Gasteiger partial charge in [0.05, 0.1) is 0 Å². The fraction of sp³-hybridized carbons (Fsp3) is 0.222. The average molecular weight is 206 g/mol. The molecule has 0 radical (unpaired) electrons. The Kier molecular flexibility index (Phi) is 2.34. The van der Waals surface area contributed by atoms with E-state index in [0.717, 1.165) is 5.56 Å². The van der Waals surface area contributed by atoms with Crippen LogP contribution in [-0.2, 0) is 6.54 Å². The number of imidazole rings is 1. The minimum Gasteiger partial charge on any atom is -0.358 e. The number of nitrogens with zero attached hydrogens (tertiary/aromatic N) is 3. The van der Waals surface area contributed by atoms with Crippen molar-refractivity contribution < 1.29 is 4.92 Å². The lowest BCUT2D eigenvalue weighted by molar-refractivity contribution is -0.387. The monoisotopic (exact) mass is 206 g/mol. The third kappa shape index (κ3) is 1.55. The van der Waals surface area contributed by atoms with E-state index in [4.69, 9.17) is 0 Å². The Labute approximate surface area is 85.7 Å². The van der Waals surface area contributed by atoms with Gasteiger partial charge in [-0.3, -0.25) is 4.40 Å². The smallest absolute Gasteiger partial charge is 0.358 e. The Morgan fingerprint density at radius 1 is 1.67 bits per heavy atom. The molecule has 2 heterocycles. The number of nitro groups is 1. The molecule has 78 valence electrons. The number of hydrogen-bond donors (Lipinski definition) is 1. The molecule has 1 N–H and O–H groups in total. The summed E-state index contributed by atoms with van der Waals surface area (Å²) in [6.45, 7) is 0.580.